The Morgan fingerprint density at radius 3 is 2.52 bits per heavy atom. The summed E-state index contributed by atoms with van der Waals surface area (Å²) in [5.74, 6) is 0.346. The summed E-state index contributed by atoms with van der Waals surface area (Å²) < 4.78 is 25.0. The second-order valence-corrected chi connectivity index (χ2v) is 8.01. The molecular weight excluding hydrogens is 316 g/mol. The van der Waals surface area contributed by atoms with Gasteiger partial charge in [0.25, 0.3) is 5.91 Å². The molecule has 0 spiro atoms. The molecule has 8 heteroatoms. The fraction of sp³-hybridized carbons (Fsp3) is 0.600. The molecule has 0 atom stereocenters. The van der Waals surface area contributed by atoms with Gasteiger partial charge in [-0.3, -0.25) is 4.79 Å². The number of rotatable bonds is 4. The lowest BCUT2D eigenvalue weighted by Gasteiger charge is -2.16. The van der Waals surface area contributed by atoms with E-state index in [2.05, 4.69) is 15.6 Å². The van der Waals surface area contributed by atoms with Crippen LogP contribution in [0, 0.1) is 0 Å². The molecular formula is C15H24N4O3S. The number of nitrogens with one attached hydrogen (secondary N) is 2. The Morgan fingerprint density at radius 2 is 1.96 bits per heavy atom. The predicted octanol–water partition coefficient (Wildman–Crippen LogP) is 0.622. The molecule has 0 saturated heterocycles. The van der Waals surface area contributed by atoms with Crippen molar-refractivity contribution in [1.82, 2.24) is 14.6 Å². The summed E-state index contributed by atoms with van der Waals surface area (Å²) in [5, 5.41) is 5.82. The highest BCUT2D eigenvalue weighted by Crippen LogP contribution is 2.23. The van der Waals surface area contributed by atoms with Crippen molar-refractivity contribution in [3.8, 4) is 0 Å². The monoisotopic (exact) mass is 340 g/mol. The van der Waals surface area contributed by atoms with E-state index in [1.807, 2.05) is 19.9 Å². The summed E-state index contributed by atoms with van der Waals surface area (Å²) in [6, 6.07) is 1.97. The Balaban J connectivity index is 2.40. The standard InChI is InChI=1S/C15H24N4O3S/c1-10(2)17-14-12(15(20)16-3)9-11-5-7-19(23(4,21)22)8-6-13(11)18-14/h9-10H,5-8H2,1-4H3,(H,16,20)(H,17,18). The molecule has 23 heavy (non-hydrogen) atoms. The van der Waals surface area contributed by atoms with Gasteiger partial charge in [0.1, 0.15) is 5.82 Å². The van der Waals surface area contributed by atoms with E-state index in [0.717, 1.165) is 11.3 Å². The zero-order chi connectivity index (χ0) is 17.2. The Labute approximate surface area is 137 Å². The number of nitrogens with zero attached hydrogens (tertiary/aromatic N) is 2. The topological polar surface area (TPSA) is 91.4 Å². The van der Waals surface area contributed by atoms with Gasteiger partial charge in [0.05, 0.1) is 11.8 Å². The van der Waals surface area contributed by atoms with Gasteiger partial charge in [-0.2, -0.15) is 0 Å². The molecule has 1 aliphatic heterocycles. The van der Waals surface area contributed by atoms with Crippen LogP contribution in [0.2, 0.25) is 0 Å². The molecule has 2 rings (SSSR count). The van der Waals surface area contributed by atoms with Crippen LogP contribution in [0.25, 0.3) is 0 Å². The molecule has 128 valence electrons. The van der Waals surface area contributed by atoms with Gasteiger partial charge >= 0.3 is 0 Å². The van der Waals surface area contributed by atoms with Gasteiger partial charge in [-0.15, -0.1) is 0 Å². The van der Waals surface area contributed by atoms with Crippen LogP contribution in [-0.2, 0) is 22.9 Å². The first kappa shape index (κ1) is 17.7. The quantitative estimate of drug-likeness (QED) is 0.838. The first-order valence-corrected chi connectivity index (χ1v) is 9.53. The van der Waals surface area contributed by atoms with Gasteiger partial charge in [-0.05, 0) is 31.9 Å². The van der Waals surface area contributed by atoms with Crippen LogP contribution in [-0.4, -0.2) is 56.0 Å². The number of pyridine rings is 1. The minimum absolute atomic E-state index is 0.141. The largest absolute Gasteiger partial charge is 0.367 e. The van der Waals surface area contributed by atoms with Crippen LogP contribution in [0.5, 0.6) is 0 Å². The van der Waals surface area contributed by atoms with Crippen molar-refractivity contribution >= 4 is 21.7 Å². The molecule has 1 aliphatic rings. The van der Waals surface area contributed by atoms with E-state index in [9.17, 15) is 13.2 Å². The van der Waals surface area contributed by atoms with Gasteiger partial charge in [0.15, 0.2) is 0 Å². The van der Waals surface area contributed by atoms with Crippen LogP contribution in [0.3, 0.4) is 0 Å². The highest BCUT2D eigenvalue weighted by Gasteiger charge is 2.24. The molecule has 0 radical (unpaired) electrons. The van der Waals surface area contributed by atoms with Gasteiger partial charge in [0.2, 0.25) is 10.0 Å². The first-order valence-electron chi connectivity index (χ1n) is 7.69. The van der Waals surface area contributed by atoms with Gasteiger partial charge in [-0.1, -0.05) is 0 Å². The van der Waals surface area contributed by atoms with E-state index < -0.39 is 10.0 Å². The highest BCUT2D eigenvalue weighted by molar-refractivity contribution is 7.88. The first-order chi connectivity index (χ1) is 10.7. The summed E-state index contributed by atoms with van der Waals surface area (Å²) in [7, 11) is -1.63. The number of hydrogen-bond donors (Lipinski definition) is 2. The second kappa shape index (κ2) is 6.84. The molecule has 0 saturated carbocycles. The van der Waals surface area contributed by atoms with Crippen molar-refractivity contribution in [2.75, 3.05) is 31.7 Å². The smallest absolute Gasteiger partial charge is 0.254 e. The highest BCUT2D eigenvalue weighted by atomic mass is 32.2. The summed E-state index contributed by atoms with van der Waals surface area (Å²) in [4.78, 5) is 16.7. The molecule has 7 nitrogen and oxygen atoms in total. The SMILES string of the molecule is CNC(=O)c1cc2c(nc1NC(C)C)CCN(S(C)(=O)=O)CC2. The predicted molar refractivity (Wildman–Crippen MR) is 90.2 cm³/mol. The molecule has 0 fully saturated rings. The molecule has 0 bridgehead atoms. The van der Waals surface area contributed by atoms with Crippen LogP contribution < -0.4 is 10.6 Å². The Morgan fingerprint density at radius 1 is 1.30 bits per heavy atom. The number of carbonyl (C=O) groups excluding carboxylic acids is 1. The number of fused-ring (bicyclic) bond motifs is 1. The van der Waals surface area contributed by atoms with Crippen LogP contribution in [0.15, 0.2) is 6.07 Å². The Bertz CT molecular complexity index is 701. The number of anilines is 1. The van der Waals surface area contributed by atoms with E-state index in [4.69, 9.17) is 0 Å². The number of hydrogen-bond acceptors (Lipinski definition) is 5. The third kappa shape index (κ3) is 4.20. The Hall–Kier alpha value is -1.67. The minimum Gasteiger partial charge on any atom is -0.367 e. The molecule has 0 aromatic carbocycles. The van der Waals surface area contributed by atoms with Crippen molar-refractivity contribution in [3.05, 3.63) is 22.9 Å². The lowest BCUT2D eigenvalue weighted by Crippen LogP contribution is -2.32. The maximum Gasteiger partial charge on any atom is 0.254 e. The van der Waals surface area contributed by atoms with Crippen LogP contribution >= 0.6 is 0 Å². The summed E-state index contributed by atoms with van der Waals surface area (Å²) in [6.07, 6.45) is 2.32. The fourth-order valence-corrected chi connectivity index (χ4v) is 3.48. The number of carbonyl (C=O) groups is 1. The van der Waals surface area contributed by atoms with Crippen LogP contribution in [0.1, 0.15) is 35.5 Å². The summed E-state index contributed by atoms with van der Waals surface area (Å²) in [6.45, 7) is 4.79. The second-order valence-electron chi connectivity index (χ2n) is 6.03. The molecule has 0 aliphatic carbocycles. The number of sulfonamides is 1. The molecule has 2 N–H and O–H groups in total. The fourth-order valence-electron chi connectivity index (χ4n) is 2.64. The van der Waals surface area contributed by atoms with Crippen molar-refractivity contribution in [3.63, 3.8) is 0 Å². The maximum atomic E-state index is 12.1. The van der Waals surface area contributed by atoms with Gasteiger partial charge in [-0.25, -0.2) is 17.7 Å². The van der Waals surface area contributed by atoms with Crippen molar-refractivity contribution in [1.29, 1.82) is 0 Å². The molecule has 2 heterocycles. The lowest BCUT2D eigenvalue weighted by molar-refractivity contribution is 0.0963. The third-order valence-electron chi connectivity index (χ3n) is 3.79. The average Bonchev–Trinajstić information content (AvgIpc) is 2.66. The normalized spacial score (nSPS) is 15.9. The lowest BCUT2D eigenvalue weighted by atomic mass is 10.0. The molecule has 1 aromatic rings. The zero-order valence-corrected chi connectivity index (χ0v) is 14.8. The Kier molecular flexibility index (Phi) is 5.26. The van der Waals surface area contributed by atoms with E-state index in [-0.39, 0.29) is 11.9 Å². The van der Waals surface area contributed by atoms with E-state index in [0.29, 0.717) is 37.3 Å². The maximum absolute atomic E-state index is 12.1. The summed E-state index contributed by atoms with van der Waals surface area (Å²) >= 11 is 0. The van der Waals surface area contributed by atoms with Crippen LogP contribution in [0.4, 0.5) is 5.82 Å². The molecule has 1 aromatic heterocycles. The number of aromatic nitrogens is 1. The molecule has 1 amide bonds. The van der Waals surface area contributed by atoms with E-state index >= 15 is 0 Å². The van der Waals surface area contributed by atoms with Crippen molar-refractivity contribution in [2.45, 2.75) is 32.7 Å². The minimum atomic E-state index is -3.22. The van der Waals surface area contributed by atoms with Gasteiger partial charge < -0.3 is 10.6 Å². The molecule has 0 unspecified atom stereocenters. The summed E-state index contributed by atoms with van der Waals surface area (Å²) in [5.41, 5.74) is 2.28. The van der Waals surface area contributed by atoms with E-state index in [1.165, 1.54) is 10.6 Å². The van der Waals surface area contributed by atoms with Crippen molar-refractivity contribution in [2.24, 2.45) is 0 Å². The van der Waals surface area contributed by atoms with Gasteiger partial charge in [0, 0.05) is 38.3 Å². The number of amides is 1. The third-order valence-corrected chi connectivity index (χ3v) is 5.09. The van der Waals surface area contributed by atoms with E-state index in [1.54, 1.807) is 7.05 Å². The van der Waals surface area contributed by atoms with Crippen molar-refractivity contribution < 1.29 is 13.2 Å². The zero-order valence-electron chi connectivity index (χ0n) is 14.0. The average molecular weight is 340 g/mol.